The summed E-state index contributed by atoms with van der Waals surface area (Å²) in [6.45, 7) is 6.76. The van der Waals surface area contributed by atoms with Crippen molar-refractivity contribution < 1.29 is 18.0 Å². The normalized spacial score (nSPS) is 16.5. The lowest BCUT2D eigenvalue weighted by molar-refractivity contribution is 0.0656. The number of aryl methyl sites for hydroxylation is 2. The maximum absolute atomic E-state index is 12.4. The Morgan fingerprint density at radius 2 is 1.83 bits per heavy atom. The Morgan fingerprint density at radius 1 is 1.13 bits per heavy atom. The molecule has 1 aromatic rings. The van der Waals surface area contributed by atoms with Crippen molar-refractivity contribution in [2.24, 2.45) is 0 Å². The van der Waals surface area contributed by atoms with E-state index in [2.05, 4.69) is 9.79 Å². The highest BCUT2D eigenvalue weighted by Gasteiger charge is 2.19. The maximum Gasteiger partial charge on any atom is 0.262 e. The molecule has 0 bridgehead atoms. The predicted molar refractivity (Wildman–Crippen MR) is 89.0 cm³/mol. The number of ether oxygens (including phenoxy) is 1. The Bertz CT molecular complexity index is 625. The maximum atomic E-state index is 12.4. The molecule has 1 aliphatic rings. The molecule has 0 radical (unpaired) electrons. The zero-order valence-electron chi connectivity index (χ0n) is 14.1. The minimum atomic E-state index is -3.69. The van der Waals surface area contributed by atoms with Crippen molar-refractivity contribution in [2.75, 3.05) is 33.4 Å². The fourth-order valence-corrected chi connectivity index (χ4v) is 3.94. The molecule has 130 valence electrons. The molecule has 1 fully saturated rings. The smallest absolute Gasteiger partial charge is 0.262 e. The van der Waals surface area contributed by atoms with Gasteiger partial charge in [0.1, 0.15) is 5.75 Å². The van der Waals surface area contributed by atoms with Crippen LogP contribution in [0.15, 0.2) is 17.0 Å². The summed E-state index contributed by atoms with van der Waals surface area (Å²) >= 11 is 0. The Labute approximate surface area is 138 Å². The number of hydrogen-bond donors (Lipinski definition) is 1. The van der Waals surface area contributed by atoms with Crippen LogP contribution in [0.4, 0.5) is 0 Å². The lowest BCUT2D eigenvalue weighted by Gasteiger charge is -2.25. The molecule has 0 aliphatic carbocycles. The Balaban J connectivity index is 1.92. The van der Waals surface area contributed by atoms with Crippen LogP contribution < -0.4 is 9.62 Å². The Hall–Kier alpha value is -1.15. The van der Waals surface area contributed by atoms with Crippen LogP contribution in [0.25, 0.3) is 0 Å². The van der Waals surface area contributed by atoms with Crippen LogP contribution in [0.5, 0.6) is 5.75 Å². The van der Waals surface area contributed by atoms with Gasteiger partial charge in [0.15, 0.2) is 0 Å². The van der Waals surface area contributed by atoms with Gasteiger partial charge in [-0.1, -0.05) is 11.3 Å². The molecule has 0 amide bonds. The van der Waals surface area contributed by atoms with Gasteiger partial charge in [-0.3, -0.25) is 4.84 Å². The second-order valence-electron chi connectivity index (χ2n) is 5.92. The fourth-order valence-electron chi connectivity index (χ4n) is 2.79. The first-order valence-electron chi connectivity index (χ1n) is 7.95. The van der Waals surface area contributed by atoms with E-state index in [-0.39, 0.29) is 4.90 Å². The van der Waals surface area contributed by atoms with Crippen LogP contribution >= 0.6 is 0 Å². The molecule has 0 atom stereocenters. The monoisotopic (exact) mass is 342 g/mol. The largest absolute Gasteiger partial charge is 0.496 e. The summed E-state index contributed by atoms with van der Waals surface area (Å²) in [7, 11) is -2.12. The van der Waals surface area contributed by atoms with E-state index in [4.69, 9.17) is 9.57 Å². The highest BCUT2D eigenvalue weighted by Crippen LogP contribution is 2.25. The summed E-state index contributed by atoms with van der Waals surface area (Å²) in [6, 6.07) is 3.32. The van der Waals surface area contributed by atoms with Crippen molar-refractivity contribution in [3.63, 3.8) is 0 Å². The highest BCUT2D eigenvalue weighted by atomic mass is 32.2. The minimum absolute atomic E-state index is 0.216. The van der Waals surface area contributed by atoms with Crippen LogP contribution in [-0.2, 0) is 14.9 Å². The molecule has 0 aromatic heterocycles. The van der Waals surface area contributed by atoms with Crippen molar-refractivity contribution in [1.82, 2.24) is 9.79 Å². The average Bonchev–Trinajstić information content (AvgIpc) is 2.54. The standard InChI is InChI=1S/C16H26N2O4S/c1-13-12-16(14(2)11-15(13)21-3)23(19,20)17-22-10-9-18-7-5-4-6-8-18/h11-12,17H,4-10H2,1-3H3. The molecular weight excluding hydrogens is 316 g/mol. The lowest BCUT2D eigenvalue weighted by atomic mass is 10.1. The molecule has 0 spiro atoms. The van der Waals surface area contributed by atoms with Crippen LogP contribution in [0, 0.1) is 13.8 Å². The van der Waals surface area contributed by atoms with Gasteiger partial charge >= 0.3 is 0 Å². The van der Waals surface area contributed by atoms with Gasteiger partial charge in [0.2, 0.25) is 0 Å². The SMILES string of the molecule is COc1cc(C)c(S(=O)(=O)NOCCN2CCCCC2)cc1C. The number of nitrogens with one attached hydrogen (secondary N) is 1. The predicted octanol–water partition coefficient (Wildman–Crippen LogP) is 2.01. The van der Waals surface area contributed by atoms with Crippen LogP contribution in [-0.4, -0.2) is 46.7 Å². The molecular formula is C16H26N2O4S. The Morgan fingerprint density at radius 3 is 2.48 bits per heavy atom. The van der Waals surface area contributed by atoms with E-state index < -0.39 is 10.0 Å². The molecule has 23 heavy (non-hydrogen) atoms. The van der Waals surface area contributed by atoms with Gasteiger partial charge in [-0.15, -0.1) is 0 Å². The van der Waals surface area contributed by atoms with Crippen LogP contribution in [0.3, 0.4) is 0 Å². The first-order chi connectivity index (χ1) is 10.9. The van der Waals surface area contributed by atoms with Crippen LogP contribution in [0.2, 0.25) is 0 Å². The highest BCUT2D eigenvalue weighted by molar-refractivity contribution is 7.89. The summed E-state index contributed by atoms with van der Waals surface area (Å²) < 4.78 is 29.9. The summed E-state index contributed by atoms with van der Waals surface area (Å²) in [5.74, 6) is 0.674. The van der Waals surface area contributed by atoms with Gasteiger partial charge in [-0.2, -0.15) is 0 Å². The first-order valence-corrected chi connectivity index (χ1v) is 9.43. The van der Waals surface area contributed by atoms with Gasteiger partial charge in [0, 0.05) is 6.54 Å². The van der Waals surface area contributed by atoms with Crippen molar-refractivity contribution in [3.8, 4) is 5.75 Å². The molecule has 0 unspecified atom stereocenters. The molecule has 1 aliphatic heterocycles. The number of nitrogens with zero attached hydrogens (tertiary/aromatic N) is 1. The molecule has 1 heterocycles. The summed E-state index contributed by atoms with van der Waals surface area (Å²) in [5.41, 5.74) is 1.39. The van der Waals surface area contributed by atoms with Gasteiger partial charge in [-0.05, 0) is 63.0 Å². The summed E-state index contributed by atoms with van der Waals surface area (Å²) in [6.07, 6.45) is 3.69. The number of sulfonamides is 1. The van der Waals surface area contributed by atoms with E-state index >= 15 is 0 Å². The van der Waals surface area contributed by atoms with Crippen molar-refractivity contribution >= 4 is 10.0 Å². The van der Waals surface area contributed by atoms with Gasteiger partial charge in [-0.25, -0.2) is 8.42 Å². The molecule has 1 saturated heterocycles. The van der Waals surface area contributed by atoms with E-state index in [1.165, 1.54) is 19.3 Å². The van der Waals surface area contributed by atoms with E-state index in [0.717, 1.165) is 25.2 Å². The second-order valence-corrected chi connectivity index (χ2v) is 7.54. The molecule has 7 heteroatoms. The molecule has 6 nitrogen and oxygen atoms in total. The molecule has 0 saturated carbocycles. The number of hydrogen-bond acceptors (Lipinski definition) is 5. The quantitative estimate of drug-likeness (QED) is 0.606. The van der Waals surface area contributed by atoms with Crippen LogP contribution in [0.1, 0.15) is 30.4 Å². The number of piperidine rings is 1. The topological polar surface area (TPSA) is 67.9 Å². The van der Waals surface area contributed by atoms with E-state index in [9.17, 15) is 8.42 Å². The van der Waals surface area contributed by atoms with Gasteiger partial charge < -0.3 is 9.64 Å². The Kier molecular flexibility index (Phi) is 6.41. The second kappa shape index (κ2) is 8.10. The number of likely N-dealkylation sites (tertiary alicyclic amines) is 1. The fraction of sp³-hybridized carbons (Fsp3) is 0.625. The molecule has 1 aromatic carbocycles. The number of rotatable bonds is 7. The van der Waals surface area contributed by atoms with Crippen molar-refractivity contribution in [2.45, 2.75) is 38.0 Å². The average molecular weight is 342 g/mol. The lowest BCUT2D eigenvalue weighted by Crippen LogP contribution is -2.35. The third-order valence-corrected chi connectivity index (χ3v) is 5.46. The number of benzene rings is 1. The van der Waals surface area contributed by atoms with Crippen molar-refractivity contribution in [3.05, 3.63) is 23.3 Å². The zero-order chi connectivity index (χ0) is 16.9. The first kappa shape index (κ1) is 18.2. The molecule has 2 rings (SSSR count). The zero-order valence-corrected chi connectivity index (χ0v) is 14.9. The third kappa shape index (κ3) is 4.91. The van der Waals surface area contributed by atoms with Gasteiger partial charge in [0.05, 0.1) is 18.6 Å². The third-order valence-electron chi connectivity index (χ3n) is 4.11. The van der Waals surface area contributed by atoms with E-state index in [0.29, 0.717) is 17.9 Å². The van der Waals surface area contributed by atoms with Gasteiger partial charge in [0.25, 0.3) is 10.0 Å². The van der Waals surface area contributed by atoms with E-state index in [1.807, 2.05) is 6.92 Å². The van der Waals surface area contributed by atoms with Crippen molar-refractivity contribution in [1.29, 1.82) is 0 Å². The minimum Gasteiger partial charge on any atom is -0.496 e. The van der Waals surface area contributed by atoms with E-state index in [1.54, 1.807) is 26.2 Å². The summed E-state index contributed by atoms with van der Waals surface area (Å²) in [5, 5.41) is 0. The summed E-state index contributed by atoms with van der Waals surface area (Å²) in [4.78, 5) is 9.93. The molecule has 1 N–H and O–H groups in total. The number of methoxy groups -OCH3 is 1.